The third-order valence-electron chi connectivity index (χ3n) is 4.12. The van der Waals surface area contributed by atoms with Gasteiger partial charge in [-0.25, -0.2) is 0 Å². The lowest BCUT2D eigenvalue weighted by molar-refractivity contribution is 0.112. The molecule has 0 atom stereocenters. The second-order valence-corrected chi connectivity index (χ2v) is 6.45. The molecule has 0 spiro atoms. The SMILES string of the molecule is COc1cc(C=O)c(-c2cc(-c3cccs3)ccc2N)c(OC)c1OC. The first-order valence-electron chi connectivity index (χ1n) is 7.86. The molecule has 3 aromatic rings. The molecule has 0 saturated heterocycles. The summed E-state index contributed by atoms with van der Waals surface area (Å²) in [4.78, 5) is 12.9. The van der Waals surface area contributed by atoms with Crippen molar-refractivity contribution in [3.05, 3.63) is 47.3 Å². The van der Waals surface area contributed by atoms with Crippen LogP contribution in [-0.4, -0.2) is 27.6 Å². The summed E-state index contributed by atoms with van der Waals surface area (Å²) >= 11 is 1.63. The average Bonchev–Trinajstić information content (AvgIpc) is 3.21. The molecular formula is C20H19NO4S. The lowest BCUT2D eigenvalue weighted by Gasteiger charge is -2.19. The van der Waals surface area contributed by atoms with Gasteiger partial charge in [-0.15, -0.1) is 11.3 Å². The molecule has 2 aromatic carbocycles. The molecule has 1 aromatic heterocycles. The topological polar surface area (TPSA) is 70.8 Å². The maximum absolute atomic E-state index is 11.8. The van der Waals surface area contributed by atoms with Crippen LogP contribution in [0.5, 0.6) is 17.2 Å². The van der Waals surface area contributed by atoms with Crippen molar-refractivity contribution >= 4 is 23.3 Å². The normalized spacial score (nSPS) is 10.4. The van der Waals surface area contributed by atoms with Crippen LogP contribution in [0.4, 0.5) is 5.69 Å². The summed E-state index contributed by atoms with van der Waals surface area (Å²) in [6.07, 6.45) is 0.761. The van der Waals surface area contributed by atoms with E-state index in [-0.39, 0.29) is 0 Å². The van der Waals surface area contributed by atoms with Crippen molar-refractivity contribution in [2.24, 2.45) is 0 Å². The van der Waals surface area contributed by atoms with E-state index < -0.39 is 0 Å². The van der Waals surface area contributed by atoms with Crippen molar-refractivity contribution in [1.29, 1.82) is 0 Å². The summed E-state index contributed by atoms with van der Waals surface area (Å²) < 4.78 is 16.4. The Labute approximate surface area is 155 Å². The van der Waals surface area contributed by atoms with Crippen molar-refractivity contribution in [3.8, 4) is 38.8 Å². The molecule has 6 heteroatoms. The van der Waals surface area contributed by atoms with Gasteiger partial charge >= 0.3 is 0 Å². The van der Waals surface area contributed by atoms with Crippen molar-refractivity contribution in [3.63, 3.8) is 0 Å². The molecule has 0 aliphatic rings. The van der Waals surface area contributed by atoms with E-state index in [1.165, 1.54) is 21.3 Å². The van der Waals surface area contributed by atoms with Gasteiger partial charge in [-0.2, -0.15) is 0 Å². The number of benzene rings is 2. The van der Waals surface area contributed by atoms with E-state index >= 15 is 0 Å². The fourth-order valence-corrected chi connectivity index (χ4v) is 3.64. The second kappa shape index (κ2) is 7.49. The molecule has 1 heterocycles. The number of rotatable bonds is 6. The zero-order chi connectivity index (χ0) is 18.7. The lowest BCUT2D eigenvalue weighted by atomic mass is 9.94. The van der Waals surface area contributed by atoms with E-state index in [1.54, 1.807) is 17.4 Å². The Hall–Kier alpha value is -2.99. The average molecular weight is 369 g/mol. The van der Waals surface area contributed by atoms with Crippen LogP contribution >= 0.6 is 11.3 Å². The van der Waals surface area contributed by atoms with Crippen LogP contribution in [0.25, 0.3) is 21.6 Å². The van der Waals surface area contributed by atoms with Gasteiger partial charge in [0.05, 0.1) is 21.3 Å². The molecule has 0 saturated carbocycles. The van der Waals surface area contributed by atoms with Gasteiger partial charge in [-0.1, -0.05) is 12.1 Å². The molecule has 2 N–H and O–H groups in total. The highest BCUT2D eigenvalue weighted by molar-refractivity contribution is 7.13. The van der Waals surface area contributed by atoms with E-state index in [1.807, 2.05) is 35.7 Å². The highest BCUT2D eigenvalue weighted by Crippen LogP contribution is 2.48. The summed E-state index contributed by atoms with van der Waals surface area (Å²) in [5.74, 6) is 1.24. The summed E-state index contributed by atoms with van der Waals surface area (Å²) in [7, 11) is 4.56. The number of aldehydes is 1. The predicted octanol–water partition coefficient (Wildman–Crippen LogP) is 4.50. The van der Waals surface area contributed by atoms with E-state index in [9.17, 15) is 4.79 Å². The van der Waals surface area contributed by atoms with E-state index in [2.05, 4.69) is 0 Å². The number of nitrogens with two attached hydrogens (primary N) is 1. The van der Waals surface area contributed by atoms with Crippen molar-refractivity contribution in [1.82, 2.24) is 0 Å². The number of thiophene rings is 1. The molecule has 0 bridgehead atoms. The van der Waals surface area contributed by atoms with E-state index in [0.717, 1.165) is 16.7 Å². The van der Waals surface area contributed by atoms with Crippen LogP contribution in [0.1, 0.15) is 10.4 Å². The zero-order valence-electron chi connectivity index (χ0n) is 14.7. The first kappa shape index (κ1) is 17.8. The maximum Gasteiger partial charge on any atom is 0.203 e. The Balaban J connectivity index is 2.32. The van der Waals surface area contributed by atoms with E-state index in [0.29, 0.717) is 39.6 Å². The molecule has 0 aliphatic heterocycles. The number of nitrogen functional groups attached to an aromatic ring is 1. The number of hydrogen-bond donors (Lipinski definition) is 1. The Morgan fingerprint density at radius 1 is 1.00 bits per heavy atom. The number of carbonyl (C=O) groups excluding carboxylic acids is 1. The Morgan fingerprint density at radius 3 is 2.35 bits per heavy atom. The predicted molar refractivity (Wildman–Crippen MR) is 105 cm³/mol. The number of methoxy groups -OCH3 is 3. The van der Waals surface area contributed by atoms with Crippen molar-refractivity contribution in [2.45, 2.75) is 0 Å². The monoisotopic (exact) mass is 369 g/mol. The molecule has 0 unspecified atom stereocenters. The quantitative estimate of drug-likeness (QED) is 0.512. The van der Waals surface area contributed by atoms with Gasteiger partial charge in [0.15, 0.2) is 17.8 Å². The highest BCUT2D eigenvalue weighted by atomic mass is 32.1. The van der Waals surface area contributed by atoms with Gasteiger partial charge in [0.2, 0.25) is 5.75 Å². The molecule has 5 nitrogen and oxygen atoms in total. The zero-order valence-corrected chi connectivity index (χ0v) is 15.6. The Kier molecular flexibility index (Phi) is 5.14. The summed E-state index contributed by atoms with van der Waals surface area (Å²) in [5, 5.41) is 2.01. The van der Waals surface area contributed by atoms with Gasteiger partial charge in [-0.05, 0) is 35.2 Å². The van der Waals surface area contributed by atoms with Crippen LogP contribution in [0.2, 0.25) is 0 Å². The van der Waals surface area contributed by atoms with Gasteiger partial charge < -0.3 is 19.9 Å². The second-order valence-electron chi connectivity index (χ2n) is 5.51. The highest BCUT2D eigenvalue weighted by Gasteiger charge is 2.23. The van der Waals surface area contributed by atoms with E-state index in [4.69, 9.17) is 19.9 Å². The number of hydrogen-bond acceptors (Lipinski definition) is 6. The minimum Gasteiger partial charge on any atom is -0.493 e. The number of carbonyl (C=O) groups is 1. The first-order valence-corrected chi connectivity index (χ1v) is 8.74. The van der Waals surface area contributed by atoms with Gasteiger partial charge in [0.1, 0.15) is 0 Å². The fraction of sp³-hybridized carbons (Fsp3) is 0.150. The molecule has 26 heavy (non-hydrogen) atoms. The smallest absolute Gasteiger partial charge is 0.203 e. The summed E-state index contributed by atoms with van der Waals surface area (Å²) in [6.45, 7) is 0. The molecule has 134 valence electrons. The summed E-state index contributed by atoms with van der Waals surface area (Å²) in [5.41, 5.74) is 9.49. The number of ether oxygens (including phenoxy) is 3. The Morgan fingerprint density at radius 2 is 1.77 bits per heavy atom. The molecule has 0 fully saturated rings. The molecule has 3 rings (SSSR count). The summed E-state index contributed by atoms with van der Waals surface area (Å²) in [6, 6.07) is 11.4. The van der Waals surface area contributed by atoms with Crippen molar-refractivity contribution < 1.29 is 19.0 Å². The van der Waals surface area contributed by atoms with Crippen LogP contribution in [0.3, 0.4) is 0 Å². The number of anilines is 1. The van der Waals surface area contributed by atoms with Crippen LogP contribution in [-0.2, 0) is 0 Å². The first-order chi connectivity index (χ1) is 12.6. The minimum atomic E-state index is 0.406. The Bertz CT molecular complexity index is 935. The maximum atomic E-state index is 11.8. The third kappa shape index (κ3) is 2.99. The molecule has 0 amide bonds. The fourth-order valence-electron chi connectivity index (χ4n) is 2.91. The van der Waals surface area contributed by atoms with Crippen LogP contribution in [0.15, 0.2) is 41.8 Å². The molecular weight excluding hydrogens is 350 g/mol. The van der Waals surface area contributed by atoms with Crippen molar-refractivity contribution in [2.75, 3.05) is 27.1 Å². The molecule has 0 radical (unpaired) electrons. The largest absolute Gasteiger partial charge is 0.493 e. The van der Waals surface area contributed by atoms with Gasteiger partial charge in [0.25, 0.3) is 0 Å². The molecule has 0 aliphatic carbocycles. The minimum absolute atomic E-state index is 0.406. The van der Waals surface area contributed by atoms with Crippen LogP contribution in [0, 0.1) is 0 Å². The van der Waals surface area contributed by atoms with Gasteiger partial charge in [-0.3, -0.25) is 4.79 Å². The third-order valence-corrected chi connectivity index (χ3v) is 5.03. The lowest BCUT2D eigenvalue weighted by Crippen LogP contribution is -2.02. The van der Waals surface area contributed by atoms with Crippen LogP contribution < -0.4 is 19.9 Å². The van der Waals surface area contributed by atoms with Gasteiger partial charge in [0, 0.05) is 27.3 Å². The standard InChI is InChI=1S/C20H19NO4S/c1-23-16-10-13(11-22)18(20(25-3)19(16)24-2)14-9-12(6-7-15(14)21)17-5-4-8-26-17/h4-11H,21H2,1-3H3.